The predicted octanol–water partition coefficient (Wildman–Crippen LogP) is 4.53. The van der Waals surface area contributed by atoms with Crippen molar-refractivity contribution >= 4 is 5.97 Å². The number of hydrogen-bond donors (Lipinski definition) is 0. The second kappa shape index (κ2) is 5.82. The number of fused-ring (bicyclic) bond motifs is 1. The van der Waals surface area contributed by atoms with Crippen LogP contribution < -0.4 is 4.74 Å². The molecule has 1 heterocycles. The molecule has 0 bridgehead atoms. The maximum atomic E-state index is 12.4. The molecule has 2 atom stereocenters. The van der Waals surface area contributed by atoms with Crippen molar-refractivity contribution in [3.05, 3.63) is 72.3 Å². The molecule has 0 radical (unpaired) electrons. The summed E-state index contributed by atoms with van der Waals surface area (Å²) in [6, 6.07) is 17.7. The van der Waals surface area contributed by atoms with Crippen LogP contribution in [-0.4, -0.2) is 12.6 Å². The Bertz CT molecular complexity index is 781. The third kappa shape index (κ3) is 2.60. The van der Waals surface area contributed by atoms with Gasteiger partial charge in [0.2, 0.25) is 0 Å². The van der Waals surface area contributed by atoms with Gasteiger partial charge in [0, 0.05) is 5.92 Å². The van der Waals surface area contributed by atoms with E-state index in [1.165, 1.54) is 0 Å². The lowest BCUT2D eigenvalue weighted by Crippen LogP contribution is -2.31. The number of carbonyl (C=O) groups is 1. The number of ether oxygens (including phenoxy) is 2. The summed E-state index contributed by atoms with van der Waals surface area (Å²) in [5.41, 5.74) is 1.83. The molecule has 2 aliphatic rings. The van der Waals surface area contributed by atoms with Crippen molar-refractivity contribution in [2.45, 2.75) is 19.3 Å². The Morgan fingerprint density at radius 2 is 1.92 bits per heavy atom. The summed E-state index contributed by atoms with van der Waals surface area (Å²) in [4.78, 5) is 12.4. The van der Waals surface area contributed by atoms with Crippen LogP contribution in [0.1, 0.15) is 18.4 Å². The summed E-state index contributed by atoms with van der Waals surface area (Å²) in [6.45, 7) is 4.62. The zero-order chi connectivity index (χ0) is 16.6. The van der Waals surface area contributed by atoms with Gasteiger partial charge in [-0.25, -0.2) is 0 Å². The van der Waals surface area contributed by atoms with Gasteiger partial charge in [-0.1, -0.05) is 42.5 Å². The van der Waals surface area contributed by atoms with Crippen molar-refractivity contribution < 1.29 is 14.3 Å². The van der Waals surface area contributed by atoms with Gasteiger partial charge >= 0.3 is 5.97 Å². The Labute approximate surface area is 141 Å². The van der Waals surface area contributed by atoms with Crippen molar-refractivity contribution in [2.24, 2.45) is 11.3 Å². The highest BCUT2D eigenvalue weighted by Crippen LogP contribution is 2.52. The van der Waals surface area contributed by atoms with Gasteiger partial charge in [-0.15, -0.1) is 0 Å². The molecule has 2 aromatic carbocycles. The summed E-state index contributed by atoms with van der Waals surface area (Å²) in [7, 11) is 0. The molecule has 1 saturated carbocycles. The number of hydrogen-bond acceptors (Lipinski definition) is 3. The third-order valence-corrected chi connectivity index (χ3v) is 5.10. The highest BCUT2D eigenvalue weighted by atomic mass is 16.5. The van der Waals surface area contributed by atoms with E-state index in [1.54, 1.807) is 0 Å². The van der Waals surface area contributed by atoms with E-state index < -0.39 is 5.41 Å². The van der Waals surface area contributed by atoms with Gasteiger partial charge in [-0.05, 0) is 49.1 Å². The lowest BCUT2D eigenvalue weighted by atomic mass is 9.75. The molecular formula is C21H20O3. The van der Waals surface area contributed by atoms with Crippen molar-refractivity contribution in [1.82, 2.24) is 0 Å². The molecular weight excluding hydrogens is 300 g/mol. The minimum atomic E-state index is -0.428. The van der Waals surface area contributed by atoms with Crippen molar-refractivity contribution in [2.75, 3.05) is 6.61 Å². The molecule has 0 amide bonds. The van der Waals surface area contributed by atoms with Gasteiger partial charge in [0.1, 0.15) is 11.5 Å². The number of benzene rings is 2. The number of cyclic esters (lactones) is 1. The van der Waals surface area contributed by atoms with Crippen LogP contribution in [0.3, 0.4) is 0 Å². The first-order chi connectivity index (χ1) is 11.7. The first-order valence-electron chi connectivity index (χ1n) is 8.31. The van der Waals surface area contributed by atoms with E-state index in [0.717, 1.165) is 35.5 Å². The number of carbonyl (C=O) groups excluding carboxylic acids is 1. The zero-order valence-corrected chi connectivity index (χ0v) is 13.5. The Morgan fingerprint density at radius 1 is 1.12 bits per heavy atom. The summed E-state index contributed by atoms with van der Waals surface area (Å²) in [6.07, 6.45) is 2.31. The SMILES string of the molecule is C=C1C[C@@H]2COC(=O)[C@]2(Cc2cccc(Oc3ccccc3)c2)C1. The minimum absolute atomic E-state index is 0.0690. The smallest absolute Gasteiger partial charge is 0.313 e. The van der Waals surface area contributed by atoms with Gasteiger partial charge in [0.25, 0.3) is 0 Å². The normalized spacial score (nSPS) is 25.4. The number of rotatable bonds is 4. The Hall–Kier alpha value is -2.55. The van der Waals surface area contributed by atoms with Crippen LogP contribution in [0.2, 0.25) is 0 Å². The van der Waals surface area contributed by atoms with E-state index in [4.69, 9.17) is 9.47 Å². The minimum Gasteiger partial charge on any atom is -0.465 e. The Morgan fingerprint density at radius 3 is 2.75 bits per heavy atom. The molecule has 2 aromatic rings. The topological polar surface area (TPSA) is 35.5 Å². The fraction of sp³-hybridized carbons (Fsp3) is 0.286. The maximum Gasteiger partial charge on any atom is 0.313 e. The molecule has 1 aliphatic heterocycles. The molecule has 1 saturated heterocycles. The molecule has 4 rings (SSSR count). The molecule has 1 aliphatic carbocycles. The average Bonchev–Trinajstić information content (AvgIpc) is 3.04. The van der Waals surface area contributed by atoms with Crippen molar-refractivity contribution in [3.63, 3.8) is 0 Å². The van der Waals surface area contributed by atoms with Crippen LogP contribution in [0, 0.1) is 11.3 Å². The van der Waals surface area contributed by atoms with Crippen LogP contribution >= 0.6 is 0 Å². The predicted molar refractivity (Wildman–Crippen MR) is 91.9 cm³/mol. The number of esters is 1. The molecule has 3 heteroatoms. The maximum absolute atomic E-state index is 12.4. The molecule has 0 unspecified atom stereocenters. The lowest BCUT2D eigenvalue weighted by molar-refractivity contribution is -0.146. The van der Waals surface area contributed by atoms with Gasteiger partial charge in [0.05, 0.1) is 12.0 Å². The van der Waals surface area contributed by atoms with Crippen molar-refractivity contribution in [1.29, 1.82) is 0 Å². The van der Waals surface area contributed by atoms with E-state index in [2.05, 4.69) is 12.6 Å². The second-order valence-corrected chi connectivity index (χ2v) is 6.82. The van der Waals surface area contributed by atoms with Gasteiger partial charge in [-0.2, -0.15) is 0 Å². The van der Waals surface area contributed by atoms with Gasteiger partial charge in [0.15, 0.2) is 0 Å². The van der Waals surface area contributed by atoms with Crippen molar-refractivity contribution in [3.8, 4) is 11.5 Å². The summed E-state index contributed by atoms with van der Waals surface area (Å²) in [5.74, 6) is 1.78. The highest BCUT2D eigenvalue weighted by molar-refractivity contribution is 5.81. The monoisotopic (exact) mass is 320 g/mol. The average molecular weight is 320 g/mol. The standard InChI is InChI=1S/C21H20O3/c1-15-10-17-14-23-20(22)21(17,12-15)13-16-6-5-9-19(11-16)24-18-7-3-2-4-8-18/h2-9,11,17H,1,10,12-14H2/t17-,21+/m1/s1. The van der Waals surface area contributed by atoms with Gasteiger partial charge in [-0.3, -0.25) is 4.79 Å². The van der Waals surface area contributed by atoms with E-state index >= 15 is 0 Å². The summed E-state index contributed by atoms with van der Waals surface area (Å²) < 4.78 is 11.3. The van der Waals surface area contributed by atoms with E-state index in [0.29, 0.717) is 13.0 Å². The quantitative estimate of drug-likeness (QED) is 0.613. The van der Waals surface area contributed by atoms with Crippen LogP contribution in [0.25, 0.3) is 0 Å². The van der Waals surface area contributed by atoms with Crippen LogP contribution in [0.15, 0.2) is 66.7 Å². The number of para-hydroxylation sites is 1. The molecule has 0 spiro atoms. The first kappa shape index (κ1) is 15.0. The van der Waals surface area contributed by atoms with Crippen LogP contribution in [-0.2, 0) is 16.0 Å². The largest absolute Gasteiger partial charge is 0.465 e. The fourth-order valence-electron chi connectivity index (χ4n) is 3.97. The van der Waals surface area contributed by atoms with Gasteiger partial charge < -0.3 is 9.47 Å². The lowest BCUT2D eigenvalue weighted by Gasteiger charge is -2.24. The highest BCUT2D eigenvalue weighted by Gasteiger charge is 2.55. The van der Waals surface area contributed by atoms with E-state index in [9.17, 15) is 4.79 Å². The summed E-state index contributed by atoms with van der Waals surface area (Å²) >= 11 is 0. The fourth-order valence-corrected chi connectivity index (χ4v) is 3.97. The molecule has 3 nitrogen and oxygen atoms in total. The molecule has 0 N–H and O–H groups in total. The molecule has 0 aromatic heterocycles. The van der Waals surface area contributed by atoms with Crippen LogP contribution in [0.4, 0.5) is 0 Å². The van der Waals surface area contributed by atoms with E-state index in [-0.39, 0.29) is 11.9 Å². The third-order valence-electron chi connectivity index (χ3n) is 5.10. The first-order valence-corrected chi connectivity index (χ1v) is 8.31. The molecule has 24 heavy (non-hydrogen) atoms. The second-order valence-electron chi connectivity index (χ2n) is 6.82. The molecule has 122 valence electrons. The Kier molecular flexibility index (Phi) is 3.64. The van der Waals surface area contributed by atoms with E-state index in [1.807, 2.05) is 48.5 Å². The summed E-state index contributed by atoms with van der Waals surface area (Å²) in [5, 5.41) is 0. The molecule has 2 fully saturated rings. The Balaban J connectivity index is 1.58. The zero-order valence-electron chi connectivity index (χ0n) is 13.5. The van der Waals surface area contributed by atoms with Crippen LogP contribution in [0.5, 0.6) is 11.5 Å². The number of allylic oxidation sites excluding steroid dienone is 1.